The van der Waals surface area contributed by atoms with Gasteiger partial charge in [-0.1, -0.05) is 6.07 Å². The van der Waals surface area contributed by atoms with Crippen molar-refractivity contribution in [3.8, 4) is 0 Å². The van der Waals surface area contributed by atoms with Gasteiger partial charge >= 0.3 is 0 Å². The Morgan fingerprint density at radius 2 is 2.43 bits per heavy atom. The van der Waals surface area contributed by atoms with Crippen molar-refractivity contribution in [2.24, 2.45) is 5.73 Å². The van der Waals surface area contributed by atoms with Crippen molar-refractivity contribution in [3.63, 3.8) is 0 Å². The quantitative estimate of drug-likeness (QED) is 0.811. The van der Waals surface area contributed by atoms with E-state index in [1.165, 1.54) is 4.88 Å². The molecule has 4 heteroatoms. The van der Waals surface area contributed by atoms with Crippen LogP contribution in [0.5, 0.6) is 0 Å². The molecule has 0 spiro atoms. The molecule has 76 valence electrons. The van der Waals surface area contributed by atoms with E-state index in [0.29, 0.717) is 6.04 Å². The summed E-state index contributed by atoms with van der Waals surface area (Å²) >= 11 is 1.69. The van der Waals surface area contributed by atoms with Gasteiger partial charge in [0, 0.05) is 10.9 Å². The number of hydrogen-bond acceptors (Lipinski definition) is 3. The van der Waals surface area contributed by atoms with E-state index in [1.807, 2.05) is 16.3 Å². The molecule has 0 saturated heterocycles. The molecule has 1 aliphatic carbocycles. The number of nitrogens with zero attached hydrogens (tertiary/aromatic N) is 1. The summed E-state index contributed by atoms with van der Waals surface area (Å²) in [6, 6.07) is 4.52. The fraction of sp³-hybridized carbons (Fsp3) is 0.500. The Kier molecular flexibility index (Phi) is 2.84. The van der Waals surface area contributed by atoms with Crippen molar-refractivity contribution in [3.05, 3.63) is 22.4 Å². The predicted octanol–water partition coefficient (Wildman–Crippen LogP) is 1.20. The number of carbonyl (C=O) groups is 1. The normalized spacial score (nSPS) is 15.5. The number of carbonyl (C=O) groups excluding carboxylic acids is 1. The van der Waals surface area contributed by atoms with Gasteiger partial charge in [-0.15, -0.1) is 11.3 Å². The van der Waals surface area contributed by atoms with E-state index in [0.717, 1.165) is 19.4 Å². The molecule has 1 aliphatic rings. The molecule has 3 nitrogen and oxygen atoms in total. The number of thiophene rings is 1. The molecule has 1 heterocycles. The van der Waals surface area contributed by atoms with Crippen LogP contribution in [0.4, 0.5) is 0 Å². The van der Waals surface area contributed by atoms with Gasteiger partial charge in [-0.25, -0.2) is 0 Å². The van der Waals surface area contributed by atoms with Crippen LogP contribution in [-0.4, -0.2) is 23.4 Å². The fourth-order valence-corrected chi connectivity index (χ4v) is 2.20. The van der Waals surface area contributed by atoms with E-state index >= 15 is 0 Å². The van der Waals surface area contributed by atoms with Gasteiger partial charge in [-0.05, 0) is 24.3 Å². The Bertz CT molecular complexity index is 306. The molecule has 0 aliphatic heterocycles. The van der Waals surface area contributed by atoms with Crippen LogP contribution in [0, 0.1) is 0 Å². The Labute approximate surface area is 87.5 Å². The molecule has 14 heavy (non-hydrogen) atoms. The molecule has 0 aromatic carbocycles. The van der Waals surface area contributed by atoms with Crippen LogP contribution in [0.1, 0.15) is 17.7 Å². The summed E-state index contributed by atoms with van der Waals surface area (Å²) in [7, 11) is 0. The van der Waals surface area contributed by atoms with Gasteiger partial charge in [0.05, 0.1) is 13.1 Å². The van der Waals surface area contributed by atoms with Crippen molar-refractivity contribution in [1.82, 2.24) is 4.90 Å². The number of rotatable bonds is 4. The lowest BCUT2D eigenvalue weighted by Gasteiger charge is -2.20. The average Bonchev–Trinajstić information content (AvgIpc) is 2.92. The standard InChI is InChI=1S/C10H14N2OS/c11-6-10(13)12(8-3-4-8)7-9-2-1-5-14-9/h1-2,5,8H,3-4,6-7,11H2. The number of nitrogens with two attached hydrogens (primary N) is 1. The van der Waals surface area contributed by atoms with Crippen LogP contribution in [0.15, 0.2) is 17.5 Å². The second kappa shape index (κ2) is 4.11. The van der Waals surface area contributed by atoms with Crippen LogP contribution in [0.2, 0.25) is 0 Å². The minimum atomic E-state index is 0.0703. The maximum Gasteiger partial charge on any atom is 0.236 e. The lowest BCUT2D eigenvalue weighted by Crippen LogP contribution is -2.36. The molecule has 0 radical (unpaired) electrons. The van der Waals surface area contributed by atoms with Gasteiger partial charge in [0.1, 0.15) is 0 Å². The van der Waals surface area contributed by atoms with Crippen LogP contribution in [0.25, 0.3) is 0 Å². The zero-order valence-corrected chi connectivity index (χ0v) is 8.80. The summed E-state index contributed by atoms with van der Waals surface area (Å²) in [5.41, 5.74) is 5.38. The first kappa shape index (κ1) is 9.68. The third kappa shape index (κ3) is 2.13. The Hall–Kier alpha value is -0.870. The van der Waals surface area contributed by atoms with Gasteiger partial charge in [0.25, 0.3) is 0 Å². The second-order valence-electron chi connectivity index (χ2n) is 3.54. The Morgan fingerprint density at radius 3 is 2.93 bits per heavy atom. The predicted molar refractivity (Wildman–Crippen MR) is 56.9 cm³/mol. The fourth-order valence-electron chi connectivity index (χ4n) is 1.49. The Morgan fingerprint density at radius 1 is 1.64 bits per heavy atom. The Balaban J connectivity index is 2.00. The van der Waals surface area contributed by atoms with Gasteiger partial charge in [-0.2, -0.15) is 0 Å². The van der Waals surface area contributed by atoms with Gasteiger partial charge < -0.3 is 10.6 Å². The molecule has 0 unspecified atom stereocenters. The van der Waals surface area contributed by atoms with Crippen LogP contribution in [-0.2, 0) is 11.3 Å². The smallest absolute Gasteiger partial charge is 0.236 e. The summed E-state index contributed by atoms with van der Waals surface area (Å²) in [6.07, 6.45) is 2.27. The minimum absolute atomic E-state index is 0.0703. The highest BCUT2D eigenvalue weighted by Crippen LogP contribution is 2.28. The van der Waals surface area contributed by atoms with E-state index in [1.54, 1.807) is 11.3 Å². The lowest BCUT2D eigenvalue weighted by molar-refractivity contribution is -0.130. The molecule has 1 aromatic heterocycles. The molecular formula is C10H14N2OS. The summed E-state index contributed by atoms with van der Waals surface area (Å²) in [5, 5.41) is 2.04. The van der Waals surface area contributed by atoms with Crippen LogP contribution in [0.3, 0.4) is 0 Å². The lowest BCUT2D eigenvalue weighted by atomic mass is 10.3. The molecule has 1 fully saturated rings. The van der Waals surface area contributed by atoms with Crippen molar-refractivity contribution in [2.45, 2.75) is 25.4 Å². The van der Waals surface area contributed by atoms with E-state index in [2.05, 4.69) is 6.07 Å². The van der Waals surface area contributed by atoms with Crippen LogP contribution >= 0.6 is 11.3 Å². The second-order valence-corrected chi connectivity index (χ2v) is 4.57. The van der Waals surface area contributed by atoms with E-state index in [4.69, 9.17) is 5.73 Å². The maximum absolute atomic E-state index is 11.5. The van der Waals surface area contributed by atoms with E-state index in [9.17, 15) is 4.79 Å². The third-order valence-electron chi connectivity index (χ3n) is 2.39. The summed E-state index contributed by atoms with van der Waals surface area (Å²) in [6.45, 7) is 0.861. The first-order valence-electron chi connectivity index (χ1n) is 4.83. The molecule has 0 bridgehead atoms. The first-order chi connectivity index (χ1) is 6.81. The molecule has 1 saturated carbocycles. The zero-order chi connectivity index (χ0) is 9.97. The maximum atomic E-state index is 11.5. The van der Waals surface area contributed by atoms with E-state index in [-0.39, 0.29) is 12.5 Å². The largest absolute Gasteiger partial charge is 0.333 e. The minimum Gasteiger partial charge on any atom is -0.333 e. The molecule has 1 aromatic rings. The highest BCUT2D eigenvalue weighted by atomic mass is 32.1. The molecular weight excluding hydrogens is 196 g/mol. The van der Waals surface area contributed by atoms with Crippen LogP contribution < -0.4 is 5.73 Å². The summed E-state index contributed by atoms with van der Waals surface area (Å²) in [5.74, 6) is 0.0703. The molecule has 1 amide bonds. The number of hydrogen-bond donors (Lipinski definition) is 1. The van der Waals surface area contributed by atoms with E-state index < -0.39 is 0 Å². The zero-order valence-electron chi connectivity index (χ0n) is 7.98. The van der Waals surface area contributed by atoms with Crippen molar-refractivity contribution < 1.29 is 4.79 Å². The van der Waals surface area contributed by atoms with Crippen molar-refractivity contribution in [1.29, 1.82) is 0 Å². The molecule has 0 atom stereocenters. The highest BCUT2D eigenvalue weighted by molar-refractivity contribution is 7.09. The number of amides is 1. The van der Waals surface area contributed by atoms with Crippen molar-refractivity contribution in [2.75, 3.05) is 6.54 Å². The summed E-state index contributed by atoms with van der Waals surface area (Å²) in [4.78, 5) is 14.7. The SMILES string of the molecule is NCC(=O)N(Cc1cccs1)C1CC1. The van der Waals surface area contributed by atoms with Gasteiger partial charge in [0.15, 0.2) is 0 Å². The monoisotopic (exact) mass is 210 g/mol. The average molecular weight is 210 g/mol. The summed E-state index contributed by atoms with van der Waals surface area (Å²) < 4.78 is 0. The van der Waals surface area contributed by atoms with Gasteiger partial charge in [-0.3, -0.25) is 4.79 Å². The topological polar surface area (TPSA) is 46.3 Å². The van der Waals surface area contributed by atoms with Gasteiger partial charge in [0.2, 0.25) is 5.91 Å². The first-order valence-corrected chi connectivity index (χ1v) is 5.71. The third-order valence-corrected chi connectivity index (χ3v) is 3.25. The highest BCUT2D eigenvalue weighted by Gasteiger charge is 2.31. The van der Waals surface area contributed by atoms with Crippen molar-refractivity contribution >= 4 is 17.2 Å². The molecule has 2 N–H and O–H groups in total. The molecule has 2 rings (SSSR count).